The van der Waals surface area contributed by atoms with Crippen molar-refractivity contribution in [1.29, 1.82) is 0 Å². The molecule has 0 unspecified atom stereocenters. The maximum atomic E-state index is 11.8. The maximum absolute atomic E-state index is 11.8. The number of hydrogen-bond acceptors (Lipinski definition) is 6. The molecule has 0 fully saturated rings. The predicted molar refractivity (Wildman–Crippen MR) is 75.0 cm³/mol. The first-order valence-corrected chi connectivity index (χ1v) is 6.33. The van der Waals surface area contributed by atoms with Gasteiger partial charge in [0.15, 0.2) is 11.2 Å². The van der Waals surface area contributed by atoms with Crippen LogP contribution in [0.4, 0.5) is 5.95 Å². The second-order valence-corrected chi connectivity index (χ2v) is 4.26. The molecule has 0 saturated heterocycles. The summed E-state index contributed by atoms with van der Waals surface area (Å²) in [7, 11) is 1.54. The summed E-state index contributed by atoms with van der Waals surface area (Å²) in [5.74, 6) is 0.440. The van der Waals surface area contributed by atoms with Gasteiger partial charge >= 0.3 is 5.69 Å². The Morgan fingerprint density at radius 2 is 2.20 bits per heavy atom. The van der Waals surface area contributed by atoms with Gasteiger partial charge in [0, 0.05) is 13.7 Å². The van der Waals surface area contributed by atoms with E-state index >= 15 is 0 Å². The minimum Gasteiger partial charge on any atom is -0.383 e. The maximum Gasteiger partial charge on any atom is 0.330 e. The summed E-state index contributed by atoms with van der Waals surface area (Å²) in [5, 5.41) is 3.02. The Labute approximate surface area is 114 Å². The van der Waals surface area contributed by atoms with E-state index in [1.165, 1.54) is 11.7 Å². The van der Waals surface area contributed by atoms with Crippen LogP contribution in [0.5, 0.6) is 0 Å². The van der Waals surface area contributed by atoms with Gasteiger partial charge in [-0.15, -0.1) is 0 Å². The molecular weight excluding hydrogens is 264 g/mol. The summed E-state index contributed by atoms with van der Waals surface area (Å²) in [6.45, 7) is 1.86. The van der Waals surface area contributed by atoms with Gasteiger partial charge in [-0.25, -0.2) is 4.79 Å². The Balaban J connectivity index is 2.40. The molecule has 2 aromatic rings. The zero-order valence-electron chi connectivity index (χ0n) is 11.2. The second-order valence-electron chi connectivity index (χ2n) is 4.26. The summed E-state index contributed by atoms with van der Waals surface area (Å²) >= 11 is 0. The molecule has 110 valence electrons. The van der Waals surface area contributed by atoms with Crippen LogP contribution in [0, 0.1) is 0 Å². The fourth-order valence-electron chi connectivity index (χ4n) is 1.82. The molecule has 0 bridgehead atoms. The number of anilines is 1. The minimum atomic E-state index is -0.500. The molecule has 0 amide bonds. The molecule has 0 aromatic carbocycles. The van der Waals surface area contributed by atoms with E-state index in [0.29, 0.717) is 37.8 Å². The number of fused-ring (bicyclic) bond motifs is 1. The molecule has 5 N–H and O–H groups in total. The van der Waals surface area contributed by atoms with Crippen LogP contribution < -0.4 is 22.3 Å². The van der Waals surface area contributed by atoms with Crippen LogP contribution in [0.2, 0.25) is 0 Å². The summed E-state index contributed by atoms with van der Waals surface area (Å²) < 4.78 is 6.31. The quantitative estimate of drug-likeness (QED) is 0.473. The van der Waals surface area contributed by atoms with Gasteiger partial charge in [0.1, 0.15) is 0 Å². The molecule has 2 rings (SSSR count). The zero-order chi connectivity index (χ0) is 14.5. The van der Waals surface area contributed by atoms with Crippen LogP contribution in [0.15, 0.2) is 9.59 Å². The van der Waals surface area contributed by atoms with Crippen molar-refractivity contribution in [3.8, 4) is 0 Å². The molecule has 20 heavy (non-hydrogen) atoms. The van der Waals surface area contributed by atoms with Gasteiger partial charge in [-0.2, -0.15) is 4.98 Å². The average Bonchev–Trinajstić information content (AvgIpc) is 2.83. The van der Waals surface area contributed by atoms with E-state index in [0.717, 1.165) is 6.42 Å². The Kier molecular flexibility index (Phi) is 4.53. The average molecular weight is 282 g/mol. The Bertz CT molecular complexity index is 686. The van der Waals surface area contributed by atoms with Crippen molar-refractivity contribution in [2.45, 2.75) is 13.0 Å². The van der Waals surface area contributed by atoms with E-state index in [-0.39, 0.29) is 5.52 Å². The third kappa shape index (κ3) is 2.89. The molecule has 0 radical (unpaired) electrons. The molecule has 2 aromatic heterocycles. The van der Waals surface area contributed by atoms with E-state index < -0.39 is 11.2 Å². The van der Waals surface area contributed by atoms with Gasteiger partial charge in [0.05, 0.1) is 13.2 Å². The smallest absolute Gasteiger partial charge is 0.330 e. The number of hydrogen-bond donors (Lipinski definition) is 4. The van der Waals surface area contributed by atoms with E-state index in [1.807, 2.05) is 0 Å². The first-order valence-electron chi connectivity index (χ1n) is 6.33. The van der Waals surface area contributed by atoms with Gasteiger partial charge in [-0.05, 0) is 13.0 Å². The standard InChI is InChI=1S/C11H18N6O3/c1-20-6-5-17-8-7(9(18)16-11(17)19)14-10(15-8)13-4-2-3-12/h2-6,12H2,1H3,(H2,13,14,15)(H,16,18,19). The number of methoxy groups -OCH3 is 1. The van der Waals surface area contributed by atoms with Crippen molar-refractivity contribution in [2.24, 2.45) is 5.73 Å². The van der Waals surface area contributed by atoms with Crippen molar-refractivity contribution in [3.05, 3.63) is 20.8 Å². The Morgan fingerprint density at radius 1 is 1.40 bits per heavy atom. The normalized spacial score (nSPS) is 11.1. The molecule has 0 atom stereocenters. The lowest BCUT2D eigenvalue weighted by Crippen LogP contribution is -2.31. The van der Waals surface area contributed by atoms with E-state index in [1.54, 1.807) is 0 Å². The van der Waals surface area contributed by atoms with Crippen LogP contribution in [0.1, 0.15) is 6.42 Å². The molecule has 9 nitrogen and oxygen atoms in total. The van der Waals surface area contributed by atoms with E-state index in [2.05, 4.69) is 20.3 Å². The number of nitrogens with one attached hydrogen (secondary N) is 3. The van der Waals surface area contributed by atoms with Crippen LogP contribution >= 0.6 is 0 Å². The lowest BCUT2D eigenvalue weighted by Gasteiger charge is -2.04. The topological polar surface area (TPSA) is 131 Å². The molecule has 0 spiro atoms. The number of nitrogens with two attached hydrogens (primary N) is 1. The zero-order valence-corrected chi connectivity index (χ0v) is 11.2. The number of aromatic nitrogens is 4. The van der Waals surface area contributed by atoms with Crippen LogP contribution in [0.25, 0.3) is 11.2 Å². The first kappa shape index (κ1) is 14.3. The predicted octanol–water partition coefficient (Wildman–Crippen LogP) is -1.18. The number of H-pyrrole nitrogens is 2. The molecule has 0 aliphatic carbocycles. The highest BCUT2D eigenvalue weighted by atomic mass is 16.5. The highest BCUT2D eigenvalue weighted by Gasteiger charge is 2.12. The largest absolute Gasteiger partial charge is 0.383 e. The first-order chi connectivity index (χ1) is 9.67. The summed E-state index contributed by atoms with van der Waals surface area (Å²) in [4.78, 5) is 32.9. The van der Waals surface area contributed by atoms with Crippen molar-refractivity contribution < 1.29 is 4.74 Å². The fraction of sp³-hybridized carbons (Fsp3) is 0.545. The van der Waals surface area contributed by atoms with Crippen LogP contribution in [0.3, 0.4) is 0 Å². The highest BCUT2D eigenvalue weighted by molar-refractivity contribution is 5.72. The summed E-state index contributed by atoms with van der Waals surface area (Å²) in [6.07, 6.45) is 0.782. The third-order valence-electron chi connectivity index (χ3n) is 2.83. The molecule has 0 saturated carbocycles. The Morgan fingerprint density at radius 3 is 2.90 bits per heavy atom. The third-order valence-corrected chi connectivity index (χ3v) is 2.83. The van der Waals surface area contributed by atoms with Crippen molar-refractivity contribution in [1.82, 2.24) is 19.5 Å². The molecule has 2 heterocycles. The number of aromatic amines is 2. The molecule has 0 aliphatic heterocycles. The number of imidazole rings is 1. The highest BCUT2D eigenvalue weighted by Crippen LogP contribution is 2.08. The number of rotatable bonds is 7. The fourth-order valence-corrected chi connectivity index (χ4v) is 1.82. The lowest BCUT2D eigenvalue weighted by molar-refractivity contribution is 0.187. The van der Waals surface area contributed by atoms with E-state index in [4.69, 9.17) is 10.5 Å². The van der Waals surface area contributed by atoms with Gasteiger partial charge < -0.3 is 20.8 Å². The van der Waals surface area contributed by atoms with Crippen molar-refractivity contribution >= 4 is 17.1 Å². The van der Waals surface area contributed by atoms with Crippen molar-refractivity contribution in [3.63, 3.8) is 0 Å². The van der Waals surface area contributed by atoms with Gasteiger partial charge in [0.25, 0.3) is 5.56 Å². The van der Waals surface area contributed by atoms with Crippen LogP contribution in [-0.4, -0.2) is 46.3 Å². The molecule has 9 heteroatoms. The second kappa shape index (κ2) is 6.35. The summed E-state index contributed by atoms with van der Waals surface area (Å²) in [6, 6.07) is 0. The molecule has 0 aliphatic rings. The van der Waals surface area contributed by atoms with Crippen LogP contribution in [-0.2, 0) is 11.3 Å². The van der Waals surface area contributed by atoms with Gasteiger partial charge in [-0.1, -0.05) is 0 Å². The van der Waals surface area contributed by atoms with E-state index in [9.17, 15) is 9.59 Å². The number of nitrogens with zero attached hydrogens (tertiary/aromatic N) is 2. The Hall–Kier alpha value is -2.13. The van der Waals surface area contributed by atoms with Gasteiger partial charge in [0.2, 0.25) is 5.95 Å². The molecular formula is C11H18N6O3. The lowest BCUT2D eigenvalue weighted by atomic mass is 10.4. The van der Waals surface area contributed by atoms with Gasteiger partial charge in [-0.3, -0.25) is 14.3 Å². The summed E-state index contributed by atoms with van der Waals surface area (Å²) in [5.41, 5.74) is 4.99. The monoisotopic (exact) mass is 282 g/mol. The van der Waals surface area contributed by atoms with Crippen molar-refractivity contribution in [2.75, 3.05) is 32.1 Å². The SMILES string of the molecule is COCCn1c(=O)[nH]c(=O)c2[nH]c(NCCCN)nc21. The minimum absolute atomic E-state index is 0.260. The number of ether oxygens (including phenoxy) is 1.